The summed E-state index contributed by atoms with van der Waals surface area (Å²) in [5.41, 5.74) is -0.161. The fraction of sp³-hybridized carbons (Fsp3) is 0.258. The highest BCUT2D eigenvalue weighted by Gasteiger charge is 2.45. The van der Waals surface area contributed by atoms with E-state index < -0.39 is 40.1 Å². The number of aliphatic hydroxyl groups is 1. The summed E-state index contributed by atoms with van der Waals surface area (Å²) in [5, 5.41) is 15.5. The first-order valence-corrected chi connectivity index (χ1v) is 15.6. The SMILES string of the molecule is Clc1ccccc1.Cn1cc(C(=O)c2cc(F)c3c(c2)C(=O)N(Cc2ccc(Cl)cc2S(C)=O)C3OCC2(O)CC2)cn1. The van der Waals surface area contributed by atoms with E-state index in [1.807, 2.05) is 30.3 Å². The van der Waals surface area contributed by atoms with Crippen molar-refractivity contribution in [1.82, 2.24) is 14.7 Å². The van der Waals surface area contributed by atoms with Crippen LogP contribution in [0.25, 0.3) is 0 Å². The topological polar surface area (TPSA) is 102 Å². The first-order valence-electron chi connectivity index (χ1n) is 13.3. The van der Waals surface area contributed by atoms with Crippen LogP contribution in [-0.2, 0) is 29.1 Å². The van der Waals surface area contributed by atoms with Gasteiger partial charge in [-0.1, -0.05) is 47.5 Å². The predicted octanol–water partition coefficient (Wildman–Crippen LogP) is 5.72. The van der Waals surface area contributed by atoms with Gasteiger partial charge in [0.15, 0.2) is 12.0 Å². The third-order valence-corrected chi connectivity index (χ3v) is 8.62. The molecule has 43 heavy (non-hydrogen) atoms. The molecule has 6 rings (SSSR count). The second kappa shape index (κ2) is 12.7. The molecule has 1 N–H and O–H groups in total. The Morgan fingerprint density at radius 3 is 2.42 bits per heavy atom. The predicted molar refractivity (Wildman–Crippen MR) is 161 cm³/mol. The van der Waals surface area contributed by atoms with Crippen molar-refractivity contribution < 1.29 is 28.0 Å². The molecule has 2 unspecified atom stereocenters. The van der Waals surface area contributed by atoms with Crippen LogP contribution >= 0.6 is 23.2 Å². The molecule has 1 aliphatic carbocycles. The zero-order valence-corrected chi connectivity index (χ0v) is 25.6. The Morgan fingerprint density at radius 2 is 1.84 bits per heavy atom. The third kappa shape index (κ3) is 7.05. The van der Waals surface area contributed by atoms with Crippen molar-refractivity contribution in [3.05, 3.63) is 117 Å². The van der Waals surface area contributed by atoms with Crippen molar-refractivity contribution in [1.29, 1.82) is 0 Å². The van der Waals surface area contributed by atoms with Gasteiger partial charge in [0, 0.05) is 45.6 Å². The van der Waals surface area contributed by atoms with Crippen LogP contribution in [0, 0.1) is 5.82 Å². The number of aromatic nitrogens is 2. The fourth-order valence-corrected chi connectivity index (χ4v) is 5.85. The normalized spacial score (nSPS) is 17.2. The van der Waals surface area contributed by atoms with Gasteiger partial charge in [-0.25, -0.2) is 4.39 Å². The standard InChI is InChI=1S/C25H23ClFN3O5S.C6H5Cl/c1-29-11-16(10-28-29)22(31)15-7-18-21(19(27)8-15)24(35-13-25(33)5-6-25)30(23(18)32)12-14-3-4-17(26)9-20(14)36(2)34;7-6-4-2-1-3-5-6/h3-4,7-11,24,33H,5-6,12-13H2,1-2H3;1-5H. The summed E-state index contributed by atoms with van der Waals surface area (Å²) in [6.07, 6.45) is 4.36. The summed E-state index contributed by atoms with van der Waals surface area (Å²) in [6, 6.07) is 16.7. The highest BCUT2D eigenvalue weighted by Crippen LogP contribution is 2.42. The van der Waals surface area contributed by atoms with Crippen LogP contribution in [0.2, 0.25) is 10.0 Å². The fourth-order valence-electron chi connectivity index (χ4n) is 4.67. The number of carbonyl (C=O) groups excluding carboxylic acids is 2. The first-order chi connectivity index (χ1) is 20.5. The smallest absolute Gasteiger partial charge is 0.257 e. The molecule has 1 fully saturated rings. The van der Waals surface area contributed by atoms with Gasteiger partial charge in [0.1, 0.15) is 5.82 Å². The number of ketones is 1. The van der Waals surface area contributed by atoms with Crippen molar-refractivity contribution in [3.8, 4) is 0 Å². The lowest BCUT2D eigenvalue weighted by atomic mass is 9.99. The lowest BCUT2D eigenvalue weighted by molar-refractivity contribution is -0.0813. The van der Waals surface area contributed by atoms with Crippen molar-refractivity contribution in [2.75, 3.05) is 12.9 Å². The Morgan fingerprint density at radius 1 is 1.12 bits per heavy atom. The number of aryl methyl sites for hydroxylation is 1. The minimum atomic E-state index is -1.39. The van der Waals surface area contributed by atoms with Crippen LogP contribution in [0.4, 0.5) is 4.39 Å². The van der Waals surface area contributed by atoms with Gasteiger partial charge in [-0.05, 0) is 54.8 Å². The molecule has 2 aliphatic rings. The van der Waals surface area contributed by atoms with E-state index in [0.29, 0.717) is 28.3 Å². The van der Waals surface area contributed by atoms with Crippen LogP contribution in [-0.4, -0.2) is 54.1 Å². The summed E-state index contributed by atoms with van der Waals surface area (Å²) in [7, 11) is 0.264. The molecular weight excluding hydrogens is 616 g/mol. The largest absolute Gasteiger partial charge is 0.387 e. The van der Waals surface area contributed by atoms with Crippen molar-refractivity contribution >= 4 is 45.7 Å². The van der Waals surface area contributed by atoms with Crippen LogP contribution in [0.3, 0.4) is 0 Å². The first kappa shape index (κ1) is 31.0. The van der Waals surface area contributed by atoms with Gasteiger partial charge in [-0.15, -0.1) is 0 Å². The summed E-state index contributed by atoms with van der Waals surface area (Å²) in [6.45, 7) is -0.113. The van der Waals surface area contributed by atoms with Crippen molar-refractivity contribution in [2.24, 2.45) is 7.05 Å². The number of fused-ring (bicyclic) bond motifs is 1. The van der Waals surface area contributed by atoms with E-state index in [4.69, 9.17) is 27.9 Å². The number of nitrogens with zero attached hydrogens (tertiary/aromatic N) is 3. The Kier molecular flexibility index (Phi) is 9.15. The molecule has 2 heterocycles. The van der Waals surface area contributed by atoms with Gasteiger partial charge in [-0.2, -0.15) is 5.10 Å². The maximum atomic E-state index is 15.5. The molecule has 0 bridgehead atoms. The van der Waals surface area contributed by atoms with Crippen LogP contribution < -0.4 is 0 Å². The van der Waals surface area contributed by atoms with Crippen LogP contribution in [0.15, 0.2) is 78.0 Å². The summed E-state index contributed by atoms with van der Waals surface area (Å²) in [4.78, 5) is 28.2. The molecule has 1 aromatic heterocycles. The maximum absolute atomic E-state index is 15.5. The molecule has 1 aliphatic heterocycles. The minimum absolute atomic E-state index is 0.000112. The van der Waals surface area contributed by atoms with E-state index >= 15 is 4.39 Å². The van der Waals surface area contributed by atoms with Gasteiger partial charge >= 0.3 is 0 Å². The monoisotopic (exact) mass is 643 g/mol. The van der Waals surface area contributed by atoms with Crippen LogP contribution in [0.5, 0.6) is 0 Å². The molecule has 0 radical (unpaired) electrons. The Bertz CT molecular complexity index is 1710. The molecule has 1 amide bonds. The van der Waals surface area contributed by atoms with Gasteiger partial charge in [0.25, 0.3) is 5.91 Å². The highest BCUT2D eigenvalue weighted by molar-refractivity contribution is 7.84. The number of carbonyl (C=O) groups is 2. The minimum Gasteiger partial charge on any atom is -0.387 e. The maximum Gasteiger partial charge on any atom is 0.257 e. The lowest BCUT2D eigenvalue weighted by Crippen LogP contribution is -2.32. The van der Waals surface area contributed by atoms with E-state index in [1.165, 1.54) is 34.3 Å². The average Bonchev–Trinajstić information content (AvgIpc) is 3.45. The van der Waals surface area contributed by atoms with Gasteiger partial charge < -0.3 is 14.7 Å². The number of hydrogen-bond acceptors (Lipinski definition) is 6. The number of benzene rings is 3. The second-order valence-corrected chi connectivity index (χ2v) is 12.7. The van der Waals surface area contributed by atoms with E-state index in [9.17, 15) is 18.9 Å². The third-order valence-electron chi connectivity index (χ3n) is 7.13. The summed E-state index contributed by atoms with van der Waals surface area (Å²) < 4.78 is 35.2. The number of amides is 1. The Hall–Kier alpha value is -3.41. The Labute approximate surface area is 260 Å². The molecular formula is C31H28Cl2FN3O5S. The molecule has 0 saturated heterocycles. The molecule has 1 saturated carbocycles. The lowest BCUT2D eigenvalue weighted by Gasteiger charge is -2.27. The summed E-state index contributed by atoms with van der Waals surface area (Å²) in [5.74, 6) is -1.78. The molecule has 3 aromatic carbocycles. The molecule has 4 aromatic rings. The quantitative estimate of drug-likeness (QED) is 0.247. The molecule has 2 atom stereocenters. The molecule has 12 heteroatoms. The van der Waals surface area contributed by atoms with E-state index in [1.54, 1.807) is 25.2 Å². The van der Waals surface area contributed by atoms with Crippen LogP contribution in [0.1, 0.15) is 56.5 Å². The van der Waals surface area contributed by atoms with E-state index in [-0.39, 0.29) is 35.4 Å². The van der Waals surface area contributed by atoms with Crippen molar-refractivity contribution in [3.63, 3.8) is 0 Å². The van der Waals surface area contributed by atoms with E-state index in [2.05, 4.69) is 5.10 Å². The van der Waals surface area contributed by atoms with Gasteiger partial charge in [0.05, 0.1) is 46.9 Å². The van der Waals surface area contributed by atoms with Gasteiger partial charge in [0.2, 0.25) is 0 Å². The number of hydrogen-bond donors (Lipinski definition) is 1. The Balaban J connectivity index is 0.000000463. The molecule has 224 valence electrons. The zero-order valence-electron chi connectivity index (χ0n) is 23.3. The number of halogens is 3. The highest BCUT2D eigenvalue weighted by atomic mass is 35.5. The van der Waals surface area contributed by atoms with Gasteiger partial charge in [-0.3, -0.25) is 18.5 Å². The second-order valence-electron chi connectivity index (χ2n) is 10.5. The summed E-state index contributed by atoms with van der Waals surface area (Å²) >= 11 is 11.6. The number of ether oxygens (including phenoxy) is 1. The van der Waals surface area contributed by atoms with Crippen molar-refractivity contribution in [2.45, 2.75) is 36.1 Å². The molecule has 0 spiro atoms. The van der Waals surface area contributed by atoms with E-state index in [0.717, 1.165) is 11.1 Å². The zero-order chi connectivity index (χ0) is 30.9. The number of rotatable bonds is 8. The molecule has 8 nitrogen and oxygen atoms in total. The average molecular weight is 645 g/mol.